The lowest BCUT2D eigenvalue weighted by molar-refractivity contribution is -0.126. The Kier molecular flexibility index (Phi) is 8.63. The summed E-state index contributed by atoms with van der Waals surface area (Å²) in [5.74, 6) is 0.0809. The zero-order valence-electron chi connectivity index (χ0n) is 24.7. The predicted octanol–water partition coefficient (Wildman–Crippen LogP) is 4.47. The molecule has 9 nitrogen and oxygen atoms in total. The summed E-state index contributed by atoms with van der Waals surface area (Å²) >= 11 is 0. The van der Waals surface area contributed by atoms with E-state index in [0.29, 0.717) is 56.2 Å². The molecule has 2 atom stereocenters. The number of benzene rings is 3. The molecule has 0 radical (unpaired) electrons. The van der Waals surface area contributed by atoms with Crippen LogP contribution in [0.2, 0.25) is 0 Å². The first-order valence-corrected chi connectivity index (χ1v) is 15.0. The van der Waals surface area contributed by atoms with Gasteiger partial charge in [0, 0.05) is 49.8 Å². The van der Waals surface area contributed by atoms with E-state index in [4.69, 9.17) is 9.47 Å². The minimum atomic E-state index is -0.447. The monoisotopic (exact) mass is 592 g/mol. The number of likely N-dealkylation sites (tertiary alicyclic amines) is 1. The number of hydrogen-bond acceptors (Lipinski definition) is 5. The van der Waals surface area contributed by atoms with E-state index in [1.54, 1.807) is 29.1 Å². The standard InChI is InChI=1S/C35H36N4O5/c1-43-30-13-12-26-21-31(30)44-20-19-38(32(40)14-11-24-7-3-2-4-8-24)18-6-16-37-34(41)29-23-39(22-28(26)29)35(42)27-10-5-9-25-15-17-36-33(25)27/h2-5,7-15,17,21,28-29,36H,6,16,18-20,22-23H2,1H3,(H,37,41)/t28-,29+/m1/s1. The summed E-state index contributed by atoms with van der Waals surface area (Å²) in [5.41, 5.74) is 3.21. The topological polar surface area (TPSA) is 104 Å². The Balaban J connectivity index is 1.24. The number of amides is 3. The summed E-state index contributed by atoms with van der Waals surface area (Å²) in [7, 11) is 1.58. The van der Waals surface area contributed by atoms with E-state index >= 15 is 0 Å². The van der Waals surface area contributed by atoms with E-state index < -0.39 is 5.92 Å². The third-order valence-corrected chi connectivity index (χ3v) is 8.43. The number of nitrogens with zero attached hydrogens (tertiary/aromatic N) is 2. The summed E-state index contributed by atoms with van der Waals surface area (Å²) < 4.78 is 11.8. The van der Waals surface area contributed by atoms with E-state index in [2.05, 4.69) is 10.3 Å². The van der Waals surface area contributed by atoms with Gasteiger partial charge in [-0.15, -0.1) is 0 Å². The normalized spacial score (nSPS) is 19.2. The van der Waals surface area contributed by atoms with Crippen LogP contribution in [0.1, 0.15) is 33.8 Å². The van der Waals surface area contributed by atoms with Gasteiger partial charge in [-0.25, -0.2) is 0 Å². The third kappa shape index (κ3) is 6.17. The maximum absolute atomic E-state index is 13.8. The van der Waals surface area contributed by atoms with E-state index in [1.807, 2.05) is 79.0 Å². The summed E-state index contributed by atoms with van der Waals surface area (Å²) in [6.07, 6.45) is 5.78. The van der Waals surface area contributed by atoms with Crippen molar-refractivity contribution < 1.29 is 23.9 Å². The van der Waals surface area contributed by atoms with Crippen LogP contribution in [0.25, 0.3) is 17.0 Å². The Hall–Kier alpha value is -5.05. The molecule has 1 saturated heterocycles. The van der Waals surface area contributed by atoms with E-state index in [-0.39, 0.29) is 30.2 Å². The Morgan fingerprint density at radius 1 is 0.955 bits per heavy atom. The number of aromatic nitrogens is 1. The highest BCUT2D eigenvalue weighted by molar-refractivity contribution is 6.06. The fourth-order valence-corrected chi connectivity index (χ4v) is 6.09. The van der Waals surface area contributed by atoms with Crippen LogP contribution in [0.3, 0.4) is 0 Å². The van der Waals surface area contributed by atoms with Crippen molar-refractivity contribution in [2.75, 3.05) is 46.4 Å². The zero-order chi connectivity index (χ0) is 30.5. The van der Waals surface area contributed by atoms with Crippen molar-refractivity contribution in [3.05, 3.63) is 102 Å². The molecule has 44 heavy (non-hydrogen) atoms. The number of hydrogen-bond donors (Lipinski definition) is 2. The van der Waals surface area contributed by atoms with Crippen molar-refractivity contribution in [3.8, 4) is 11.5 Å². The molecule has 0 saturated carbocycles. The molecular weight excluding hydrogens is 556 g/mol. The highest BCUT2D eigenvalue weighted by Crippen LogP contribution is 2.38. The number of methoxy groups -OCH3 is 1. The average Bonchev–Trinajstić information content (AvgIpc) is 3.72. The van der Waals surface area contributed by atoms with Gasteiger partial charge in [0.1, 0.15) is 6.61 Å². The SMILES string of the molecule is COc1ccc2cc1OCCN(C(=O)C=Cc1ccccc1)CCCNC(=O)[C@H]1CN(C(=O)c3cccc4cc[nH]c34)C[C@H]21. The van der Waals surface area contributed by atoms with E-state index in [9.17, 15) is 14.4 Å². The maximum Gasteiger partial charge on any atom is 0.256 e. The zero-order valence-corrected chi connectivity index (χ0v) is 24.7. The summed E-state index contributed by atoms with van der Waals surface area (Å²) in [5, 5.41) is 4.05. The van der Waals surface area contributed by atoms with Crippen molar-refractivity contribution in [1.82, 2.24) is 20.1 Å². The van der Waals surface area contributed by atoms with E-state index in [1.165, 1.54) is 0 Å². The smallest absolute Gasteiger partial charge is 0.256 e. The second kappa shape index (κ2) is 13.1. The number of ether oxygens (including phenoxy) is 2. The fraction of sp³-hybridized carbons (Fsp3) is 0.286. The van der Waals surface area contributed by atoms with Gasteiger partial charge in [0.2, 0.25) is 11.8 Å². The fourth-order valence-electron chi connectivity index (χ4n) is 6.09. The van der Waals surface area contributed by atoms with Gasteiger partial charge in [-0.2, -0.15) is 0 Å². The van der Waals surface area contributed by atoms with E-state index in [0.717, 1.165) is 22.0 Å². The molecule has 226 valence electrons. The van der Waals surface area contributed by atoms with Crippen LogP contribution in [0.5, 0.6) is 11.5 Å². The minimum Gasteiger partial charge on any atom is -0.493 e. The highest BCUT2D eigenvalue weighted by Gasteiger charge is 2.41. The Morgan fingerprint density at radius 3 is 2.64 bits per heavy atom. The average molecular weight is 593 g/mol. The van der Waals surface area contributed by atoms with Crippen LogP contribution in [0.15, 0.2) is 85.1 Å². The molecule has 4 aromatic rings. The number of aromatic amines is 1. The number of rotatable bonds is 4. The maximum atomic E-state index is 13.8. The molecule has 2 bridgehead atoms. The lowest BCUT2D eigenvalue weighted by Gasteiger charge is -2.24. The Labute approximate surface area is 256 Å². The first-order chi connectivity index (χ1) is 21.5. The molecule has 3 aromatic carbocycles. The summed E-state index contributed by atoms with van der Waals surface area (Å²) in [4.78, 5) is 47.2. The lowest BCUT2D eigenvalue weighted by Crippen LogP contribution is -2.39. The van der Waals surface area contributed by atoms with Crippen LogP contribution in [-0.4, -0.2) is 78.9 Å². The van der Waals surface area contributed by atoms with Crippen molar-refractivity contribution in [2.45, 2.75) is 12.3 Å². The van der Waals surface area contributed by atoms with Gasteiger partial charge in [0.05, 0.1) is 30.7 Å². The first kappa shape index (κ1) is 29.0. The Morgan fingerprint density at radius 2 is 1.80 bits per heavy atom. The Bertz CT molecular complexity index is 1680. The molecule has 3 amide bonds. The molecular formula is C35H36N4O5. The van der Waals surface area contributed by atoms with Gasteiger partial charge in [0.25, 0.3) is 5.91 Å². The molecule has 0 aliphatic carbocycles. The van der Waals surface area contributed by atoms with Gasteiger partial charge in [-0.1, -0.05) is 48.5 Å². The number of H-pyrrole nitrogens is 1. The summed E-state index contributed by atoms with van der Waals surface area (Å²) in [6.45, 7) is 2.21. The number of para-hydroxylation sites is 1. The first-order valence-electron chi connectivity index (χ1n) is 15.0. The number of carbonyl (C=O) groups excluding carboxylic acids is 3. The van der Waals surface area contributed by atoms with Gasteiger partial charge in [-0.05, 0) is 47.9 Å². The molecule has 2 aliphatic heterocycles. The quantitative estimate of drug-likeness (QED) is 0.341. The molecule has 1 fully saturated rings. The molecule has 3 heterocycles. The molecule has 2 aliphatic rings. The van der Waals surface area contributed by atoms with Crippen LogP contribution in [-0.2, 0) is 9.59 Å². The van der Waals surface area contributed by atoms with Gasteiger partial charge >= 0.3 is 0 Å². The number of carbonyl (C=O) groups is 3. The summed E-state index contributed by atoms with van der Waals surface area (Å²) in [6, 6.07) is 22.9. The van der Waals surface area contributed by atoms with Crippen molar-refractivity contribution in [3.63, 3.8) is 0 Å². The van der Waals surface area contributed by atoms with Crippen molar-refractivity contribution >= 4 is 34.7 Å². The second-order valence-corrected chi connectivity index (χ2v) is 11.1. The highest BCUT2D eigenvalue weighted by atomic mass is 16.5. The van der Waals surface area contributed by atoms with Gasteiger partial charge in [0.15, 0.2) is 11.5 Å². The number of fused-ring (bicyclic) bond motifs is 5. The van der Waals surface area contributed by atoms with Crippen LogP contribution < -0.4 is 14.8 Å². The minimum absolute atomic E-state index is 0.111. The van der Waals surface area contributed by atoms with Crippen LogP contribution in [0, 0.1) is 5.92 Å². The molecule has 6 rings (SSSR count). The van der Waals surface area contributed by atoms with Crippen molar-refractivity contribution in [1.29, 1.82) is 0 Å². The predicted molar refractivity (Wildman–Crippen MR) is 169 cm³/mol. The van der Waals surface area contributed by atoms with Gasteiger partial charge in [-0.3, -0.25) is 14.4 Å². The lowest BCUT2D eigenvalue weighted by atomic mass is 9.88. The largest absolute Gasteiger partial charge is 0.493 e. The van der Waals surface area contributed by atoms with Crippen molar-refractivity contribution in [2.24, 2.45) is 5.92 Å². The number of nitrogens with one attached hydrogen (secondary N) is 2. The molecule has 0 unspecified atom stereocenters. The molecule has 9 heteroatoms. The van der Waals surface area contributed by atoms with Gasteiger partial charge < -0.3 is 29.6 Å². The second-order valence-electron chi connectivity index (χ2n) is 11.1. The molecule has 1 aromatic heterocycles. The van der Waals surface area contributed by atoms with Crippen LogP contribution in [0.4, 0.5) is 0 Å². The van der Waals surface area contributed by atoms with Crippen LogP contribution >= 0.6 is 0 Å². The molecule has 0 spiro atoms. The third-order valence-electron chi connectivity index (χ3n) is 8.43. The molecule has 2 N–H and O–H groups in total.